The van der Waals surface area contributed by atoms with Crippen molar-refractivity contribution in [2.75, 3.05) is 31.2 Å². The number of nitrogens with zero attached hydrogens (tertiary/aromatic N) is 2. The Balaban J connectivity index is 0.000000606. The fourth-order valence-electron chi connectivity index (χ4n) is 1.56. The van der Waals surface area contributed by atoms with Crippen molar-refractivity contribution in [3.8, 4) is 0 Å². The van der Waals surface area contributed by atoms with Crippen molar-refractivity contribution in [3.05, 3.63) is 22.8 Å². The third kappa shape index (κ3) is 3.65. The highest BCUT2D eigenvalue weighted by molar-refractivity contribution is 6.29. The van der Waals surface area contributed by atoms with Crippen molar-refractivity contribution in [1.29, 1.82) is 0 Å². The van der Waals surface area contributed by atoms with E-state index in [1.54, 1.807) is 0 Å². The van der Waals surface area contributed by atoms with Gasteiger partial charge in [0.05, 0.1) is 13.2 Å². The number of aryl methyl sites for hydroxylation is 1. The van der Waals surface area contributed by atoms with Gasteiger partial charge in [-0.15, -0.1) is 0 Å². The van der Waals surface area contributed by atoms with Crippen LogP contribution in [0, 0.1) is 6.92 Å². The Morgan fingerprint density at radius 2 is 1.88 bits per heavy atom. The lowest BCUT2D eigenvalue weighted by molar-refractivity contribution is 0.122. The molecular weight excluding hydrogens is 224 g/mol. The highest BCUT2D eigenvalue weighted by Crippen LogP contribution is 2.18. The van der Waals surface area contributed by atoms with Crippen LogP contribution >= 0.6 is 11.6 Å². The van der Waals surface area contributed by atoms with E-state index in [0.29, 0.717) is 5.15 Å². The van der Waals surface area contributed by atoms with E-state index in [4.69, 9.17) is 16.3 Å². The largest absolute Gasteiger partial charge is 0.378 e. The van der Waals surface area contributed by atoms with Gasteiger partial charge in [0.25, 0.3) is 0 Å². The lowest BCUT2D eigenvalue weighted by Crippen LogP contribution is -2.36. The zero-order valence-electron chi connectivity index (χ0n) is 10.2. The standard InChI is InChI=1S/C10H13ClN2O.C2H6/c1-8-6-9(11)12-10(7-8)13-2-4-14-5-3-13;1-2/h6-7H,2-5H2,1H3;1-2H3. The Hall–Kier alpha value is -0.800. The SMILES string of the molecule is CC.Cc1cc(Cl)nc(N2CCOCC2)c1. The first-order chi connectivity index (χ1) is 7.75. The van der Waals surface area contributed by atoms with Crippen molar-refractivity contribution < 1.29 is 4.74 Å². The minimum absolute atomic E-state index is 0.562. The highest BCUT2D eigenvalue weighted by Gasteiger charge is 2.12. The topological polar surface area (TPSA) is 25.4 Å². The first-order valence-corrected chi connectivity index (χ1v) is 6.10. The summed E-state index contributed by atoms with van der Waals surface area (Å²) in [5, 5.41) is 0.562. The zero-order chi connectivity index (χ0) is 12.0. The third-order valence-electron chi connectivity index (χ3n) is 2.26. The monoisotopic (exact) mass is 242 g/mol. The number of ether oxygens (including phenoxy) is 1. The van der Waals surface area contributed by atoms with Gasteiger partial charge in [0.15, 0.2) is 0 Å². The predicted octanol–water partition coefficient (Wildman–Crippen LogP) is 2.91. The number of halogens is 1. The van der Waals surface area contributed by atoms with Gasteiger partial charge in [-0.25, -0.2) is 4.98 Å². The molecule has 1 aromatic heterocycles. The van der Waals surface area contributed by atoms with Crippen molar-refractivity contribution in [1.82, 2.24) is 4.98 Å². The summed E-state index contributed by atoms with van der Waals surface area (Å²) in [6, 6.07) is 3.92. The normalized spacial score (nSPS) is 15.4. The van der Waals surface area contributed by atoms with Gasteiger partial charge >= 0.3 is 0 Å². The molecule has 1 aromatic rings. The summed E-state index contributed by atoms with van der Waals surface area (Å²) in [7, 11) is 0. The van der Waals surface area contributed by atoms with Crippen molar-refractivity contribution in [2.45, 2.75) is 20.8 Å². The third-order valence-corrected chi connectivity index (χ3v) is 2.45. The summed E-state index contributed by atoms with van der Waals surface area (Å²) >= 11 is 5.90. The van der Waals surface area contributed by atoms with Crippen LogP contribution in [0.15, 0.2) is 12.1 Å². The van der Waals surface area contributed by atoms with E-state index < -0.39 is 0 Å². The Kier molecular flexibility index (Phi) is 5.56. The first-order valence-electron chi connectivity index (χ1n) is 5.72. The molecule has 1 fully saturated rings. The average molecular weight is 243 g/mol. The number of aromatic nitrogens is 1. The quantitative estimate of drug-likeness (QED) is 0.708. The van der Waals surface area contributed by atoms with Crippen LogP contribution in [0.25, 0.3) is 0 Å². The van der Waals surface area contributed by atoms with E-state index in [1.807, 2.05) is 26.8 Å². The van der Waals surface area contributed by atoms with Gasteiger partial charge in [-0.05, 0) is 24.6 Å². The molecule has 0 aromatic carbocycles. The average Bonchev–Trinajstić information content (AvgIpc) is 2.32. The number of hydrogen-bond acceptors (Lipinski definition) is 3. The van der Waals surface area contributed by atoms with Gasteiger partial charge in [0, 0.05) is 13.1 Å². The molecule has 0 spiro atoms. The Labute approximate surface area is 102 Å². The molecule has 4 heteroatoms. The van der Waals surface area contributed by atoms with Crippen molar-refractivity contribution in [2.24, 2.45) is 0 Å². The van der Waals surface area contributed by atoms with Crippen molar-refractivity contribution >= 4 is 17.4 Å². The lowest BCUT2D eigenvalue weighted by Gasteiger charge is -2.28. The minimum atomic E-state index is 0.562. The maximum atomic E-state index is 5.90. The minimum Gasteiger partial charge on any atom is -0.378 e. The van der Waals surface area contributed by atoms with E-state index in [-0.39, 0.29) is 0 Å². The second kappa shape index (κ2) is 6.71. The highest BCUT2D eigenvalue weighted by atomic mass is 35.5. The molecule has 0 saturated carbocycles. The van der Waals surface area contributed by atoms with Crippen LogP contribution in [0.2, 0.25) is 5.15 Å². The van der Waals surface area contributed by atoms with Crippen LogP contribution in [-0.2, 0) is 4.74 Å². The molecule has 0 bridgehead atoms. The van der Waals surface area contributed by atoms with Crippen LogP contribution in [0.1, 0.15) is 19.4 Å². The maximum absolute atomic E-state index is 5.90. The van der Waals surface area contributed by atoms with E-state index in [0.717, 1.165) is 37.7 Å². The molecule has 0 radical (unpaired) electrons. The molecule has 16 heavy (non-hydrogen) atoms. The zero-order valence-corrected chi connectivity index (χ0v) is 10.9. The fourth-order valence-corrected chi connectivity index (χ4v) is 1.82. The molecule has 0 aliphatic carbocycles. The number of pyridine rings is 1. The molecule has 1 aliphatic heterocycles. The van der Waals surface area contributed by atoms with Crippen LogP contribution in [0.4, 0.5) is 5.82 Å². The Bertz CT molecular complexity index is 305. The molecule has 1 aliphatic rings. The number of rotatable bonds is 1. The van der Waals surface area contributed by atoms with Gasteiger partial charge in [0.1, 0.15) is 11.0 Å². The smallest absolute Gasteiger partial charge is 0.131 e. The maximum Gasteiger partial charge on any atom is 0.131 e. The molecule has 0 unspecified atom stereocenters. The Morgan fingerprint density at radius 3 is 2.44 bits per heavy atom. The van der Waals surface area contributed by atoms with E-state index in [9.17, 15) is 0 Å². The van der Waals surface area contributed by atoms with Crippen LogP contribution in [0.5, 0.6) is 0 Å². The number of anilines is 1. The van der Waals surface area contributed by atoms with Crippen LogP contribution in [0.3, 0.4) is 0 Å². The molecule has 0 N–H and O–H groups in total. The molecule has 0 atom stereocenters. The molecular formula is C12H19ClN2O. The number of morpholine rings is 1. The van der Waals surface area contributed by atoms with Gasteiger partial charge in [-0.2, -0.15) is 0 Å². The Morgan fingerprint density at radius 1 is 1.25 bits per heavy atom. The fraction of sp³-hybridized carbons (Fsp3) is 0.583. The van der Waals surface area contributed by atoms with Gasteiger partial charge in [-0.1, -0.05) is 25.4 Å². The molecule has 2 heterocycles. The van der Waals surface area contributed by atoms with Gasteiger partial charge in [0.2, 0.25) is 0 Å². The van der Waals surface area contributed by atoms with E-state index in [2.05, 4.69) is 16.0 Å². The van der Waals surface area contributed by atoms with E-state index in [1.165, 1.54) is 0 Å². The summed E-state index contributed by atoms with van der Waals surface area (Å²) in [5.74, 6) is 0.957. The predicted molar refractivity (Wildman–Crippen MR) is 68.4 cm³/mol. The molecule has 0 amide bonds. The second-order valence-electron chi connectivity index (χ2n) is 3.42. The number of hydrogen-bond donors (Lipinski definition) is 0. The van der Waals surface area contributed by atoms with E-state index >= 15 is 0 Å². The summed E-state index contributed by atoms with van der Waals surface area (Å²) in [5.41, 5.74) is 1.14. The first kappa shape index (κ1) is 13.3. The molecule has 3 nitrogen and oxygen atoms in total. The molecule has 1 saturated heterocycles. The summed E-state index contributed by atoms with van der Waals surface area (Å²) in [6.07, 6.45) is 0. The van der Waals surface area contributed by atoms with Gasteiger partial charge < -0.3 is 9.64 Å². The lowest BCUT2D eigenvalue weighted by atomic mass is 10.3. The van der Waals surface area contributed by atoms with Gasteiger partial charge in [-0.3, -0.25) is 0 Å². The van der Waals surface area contributed by atoms with Crippen LogP contribution < -0.4 is 4.90 Å². The molecule has 90 valence electrons. The molecule has 2 rings (SSSR count). The summed E-state index contributed by atoms with van der Waals surface area (Å²) < 4.78 is 5.28. The summed E-state index contributed by atoms with van der Waals surface area (Å²) in [6.45, 7) is 9.36. The summed E-state index contributed by atoms with van der Waals surface area (Å²) in [4.78, 5) is 6.49. The van der Waals surface area contributed by atoms with Crippen molar-refractivity contribution in [3.63, 3.8) is 0 Å². The second-order valence-corrected chi connectivity index (χ2v) is 3.81. The van der Waals surface area contributed by atoms with Crippen LogP contribution in [-0.4, -0.2) is 31.3 Å².